The van der Waals surface area contributed by atoms with Gasteiger partial charge in [0.1, 0.15) is 11.6 Å². The minimum atomic E-state index is -0.656. The lowest BCUT2D eigenvalue weighted by Crippen LogP contribution is -2.30. The molecule has 0 saturated carbocycles. The summed E-state index contributed by atoms with van der Waals surface area (Å²) in [5, 5.41) is 7.74. The van der Waals surface area contributed by atoms with E-state index >= 15 is 0 Å². The summed E-state index contributed by atoms with van der Waals surface area (Å²) in [6.07, 6.45) is 8.75. The van der Waals surface area contributed by atoms with E-state index in [0.29, 0.717) is 11.5 Å². The van der Waals surface area contributed by atoms with Gasteiger partial charge in [-0.05, 0) is 49.6 Å². The molecule has 30 heavy (non-hydrogen) atoms. The van der Waals surface area contributed by atoms with Gasteiger partial charge < -0.3 is 10.2 Å². The molecule has 0 radical (unpaired) electrons. The highest BCUT2D eigenvalue weighted by atomic mass is 19.1. The van der Waals surface area contributed by atoms with Gasteiger partial charge in [0, 0.05) is 19.3 Å². The van der Waals surface area contributed by atoms with Crippen LogP contribution in [0.3, 0.4) is 0 Å². The van der Waals surface area contributed by atoms with E-state index in [0.717, 1.165) is 37.3 Å². The number of hydrogen-bond acceptors (Lipinski definition) is 5. The first-order chi connectivity index (χ1) is 14.7. The lowest BCUT2D eigenvalue weighted by molar-refractivity contribution is 0.578. The number of pyridine rings is 1. The van der Waals surface area contributed by atoms with Gasteiger partial charge in [0.2, 0.25) is 5.95 Å². The number of nitrogens with one attached hydrogen (secondary N) is 1. The Morgan fingerprint density at radius 1 is 0.900 bits per heavy atom. The molecule has 0 spiro atoms. The Morgan fingerprint density at radius 2 is 1.70 bits per heavy atom. The largest absolute Gasteiger partial charge is 0.370 e. The molecule has 0 bridgehead atoms. The number of rotatable bonds is 4. The maximum absolute atomic E-state index is 14.2. The maximum atomic E-state index is 14.2. The molecule has 0 unspecified atom stereocenters. The minimum Gasteiger partial charge on any atom is -0.370 e. The Bertz CT molecular complexity index is 1180. The first-order valence-electron chi connectivity index (χ1n) is 9.96. The molecule has 1 fully saturated rings. The molecule has 1 aliphatic heterocycles. The van der Waals surface area contributed by atoms with Crippen molar-refractivity contribution in [2.45, 2.75) is 19.3 Å². The summed E-state index contributed by atoms with van der Waals surface area (Å²) in [6.45, 7) is 1.99. The van der Waals surface area contributed by atoms with Crippen molar-refractivity contribution < 1.29 is 8.78 Å². The van der Waals surface area contributed by atoms with Crippen LogP contribution in [0.2, 0.25) is 0 Å². The molecule has 5 rings (SSSR count). The summed E-state index contributed by atoms with van der Waals surface area (Å²) >= 11 is 0. The number of halogens is 2. The van der Waals surface area contributed by atoms with Crippen molar-refractivity contribution in [3.8, 4) is 11.3 Å². The summed E-state index contributed by atoms with van der Waals surface area (Å²) in [5.74, 6) is -0.859. The molecule has 0 atom stereocenters. The first-order valence-corrected chi connectivity index (χ1v) is 9.96. The van der Waals surface area contributed by atoms with Crippen molar-refractivity contribution in [2.24, 2.45) is 0 Å². The minimum absolute atomic E-state index is 0.158. The predicted octanol–water partition coefficient (Wildman–Crippen LogP) is 4.80. The van der Waals surface area contributed by atoms with E-state index in [-0.39, 0.29) is 11.3 Å². The van der Waals surface area contributed by atoms with Gasteiger partial charge in [-0.15, -0.1) is 0 Å². The van der Waals surface area contributed by atoms with Crippen LogP contribution >= 0.6 is 0 Å². The van der Waals surface area contributed by atoms with Crippen LogP contribution in [0.25, 0.3) is 16.8 Å². The zero-order valence-corrected chi connectivity index (χ0v) is 16.2. The third-order valence-electron chi connectivity index (χ3n) is 5.34. The van der Waals surface area contributed by atoms with Crippen LogP contribution in [0.1, 0.15) is 19.3 Å². The van der Waals surface area contributed by atoms with Gasteiger partial charge in [-0.1, -0.05) is 6.07 Å². The van der Waals surface area contributed by atoms with Gasteiger partial charge >= 0.3 is 0 Å². The molecule has 152 valence electrons. The molecule has 3 aromatic heterocycles. The van der Waals surface area contributed by atoms with Crippen molar-refractivity contribution in [3.63, 3.8) is 0 Å². The van der Waals surface area contributed by atoms with Crippen molar-refractivity contribution in [3.05, 3.63) is 66.6 Å². The van der Waals surface area contributed by atoms with E-state index in [1.165, 1.54) is 24.6 Å². The van der Waals surface area contributed by atoms with Crippen LogP contribution in [0.15, 0.2) is 55.0 Å². The Hall–Kier alpha value is -3.55. The second kappa shape index (κ2) is 7.70. The zero-order chi connectivity index (χ0) is 20.5. The summed E-state index contributed by atoms with van der Waals surface area (Å²) in [4.78, 5) is 11.0. The van der Waals surface area contributed by atoms with Gasteiger partial charge in [-0.2, -0.15) is 9.61 Å². The molecule has 6 nitrogen and oxygen atoms in total. The zero-order valence-electron chi connectivity index (χ0n) is 16.2. The number of benzene rings is 1. The van der Waals surface area contributed by atoms with Crippen LogP contribution < -0.4 is 10.2 Å². The van der Waals surface area contributed by atoms with E-state index in [4.69, 9.17) is 0 Å². The van der Waals surface area contributed by atoms with Gasteiger partial charge in [-0.3, -0.25) is 4.98 Å². The van der Waals surface area contributed by atoms with E-state index in [9.17, 15) is 8.78 Å². The van der Waals surface area contributed by atoms with Crippen molar-refractivity contribution in [1.29, 1.82) is 0 Å². The number of anilines is 3. The highest BCUT2D eigenvalue weighted by molar-refractivity contribution is 5.73. The quantitative estimate of drug-likeness (QED) is 0.527. The van der Waals surface area contributed by atoms with E-state index < -0.39 is 11.6 Å². The van der Waals surface area contributed by atoms with Crippen LogP contribution in [0.5, 0.6) is 0 Å². The molecule has 0 aliphatic carbocycles. The Morgan fingerprint density at radius 3 is 2.50 bits per heavy atom. The average molecular weight is 406 g/mol. The second-order valence-corrected chi connectivity index (χ2v) is 7.30. The molecule has 1 aliphatic rings. The van der Waals surface area contributed by atoms with Gasteiger partial charge in [0.15, 0.2) is 0 Å². The highest BCUT2D eigenvalue weighted by Crippen LogP contribution is 2.30. The monoisotopic (exact) mass is 406 g/mol. The fourth-order valence-corrected chi connectivity index (χ4v) is 3.86. The molecule has 1 saturated heterocycles. The number of fused-ring (bicyclic) bond motifs is 1. The third-order valence-corrected chi connectivity index (χ3v) is 5.34. The normalized spacial score (nSPS) is 14.3. The number of aromatic nitrogens is 4. The summed E-state index contributed by atoms with van der Waals surface area (Å²) in [7, 11) is 0. The molecule has 1 aromatic carbocycles. The average Bonchev–Trinajstić information content (AvgIpc) is 3.17. The van der Waals surface area contributed by atoms with Gasteiger partial charge in [0.25, 0.3) is 0 Å². The van der Waals surface area contributed by atoms with Crippen LogP contribution in [0, 0.1) is 11.6 Å². The smallest absolute Gasteiger partial charge is 0.229 e. The van der Waals surface area contributed by atoms with Crippen molar-refractivity contribution >= 4 is 22.8 Å². The third kappa shape index (κ3) is 3.34. The molecular formula is C22H20F2N6. The van der Waals surface area contributed by atoms with Gasteiger partial charge in [-0.25, -0.2) is 13.8 Å². The molecule has 4 aromatic rings. The standard InChI is InChI=1S/C22H20F2N6/c23-16-5-4-6-17(24)21(16)18-8-7-15-13-26-22(30(15)28-18)27-19-14-25-10-9-20(19)29-11-2-1-3-12-29/h4-10,13-14H,1-3,11-12H2,(H,26,27). The lowest BCUT2D eigenvalue weighted by atomic mass is 10.1. The van der Waals surface area contributed by atoms with E-state index in [1.807, 2.05) is 6.07 Å². The summed E-state index contributed by atoms with van der Waals surface area (Å²) < 4.78 is 30.0. The van der Waals surface area contributed by atoms with Crippen molar-refractivity contribution in [1.82, 2.24) is 19.6 Å². The number of piperidine rings is 1. The topological polar surface area (TPSA) is 58.4 Å². The molecule has 8 heteroatoms. The summed E-state index contributed by atoms with van der Waals surface area (Å²) in [5.41, 5.74) is 2.62. The fraction of sp³-hybridized carbons (Fsp3) is 0.227. The first kappa shape index (κ1) is 18.5. The maximum Gasteiger partial charge on any atom is 0.229 e. The SMILES string of the molecule is Fc1cccc(F)c1-c1ccc2cnc(Nc3cnccc3N3CCCCC3)n2n1. The van der Waals surface area contributed by atoms with E-state index in [1.54, 1.807) is 35.2 Å². The predicted molar refractivity (Wildman–Crippen MR) is 112 cm³/mol. The van der Waals surface area contributed by atoms with Crippen LogP contribution in [0.4, 0.5) is 26.1 Å². The highest BCUT2D eigenvalue weighted by Gasteiger charge is 2.17. The molecular weight excluding hydrogens is 386 g/mol. The van der Waals surface area contributed by atoms with Crippen LogP contribution in [-0.4, -0.2) is 32.7 Å². The molecule has 1 N–H and O–H groups in total. The molecule has 0 amide bonds. The number of hydrogen-bond donors (Lipinski definition) is 1. The summed E-state index contributed by atoms with van der Waals surface area (Å²) in [6, 6.07) is 9.08. The lowest BCUT2D eigenvalue weighted by Gasteiger charge is -2.30. The van der Waals surface area contributed by atoms with Gasteiger partial charge in [0.05, 0.1) is 40.5 Å². The number of imidazole rings is 1. The Labute approximate surface area is 172 Å². The van der Waals surface area contributed by atoms with E-state index in [2.05, 4.69) is 25.3 Å². The Balaban J connectivity index is 1.54. The van der Waals surface area contributed by atoms with Crippen LogP contribution in [-0.2, 0) is 0 Å². The van der Waals surface area contributed by atoms with Crippen molar-refractivity contribution in [2.75, 3.05) is 23.3 Å². The fourth-order valence-electron chi connectivity index (χ4n) is 3.86. The second-order valence-electron chi connectivity index (χ2n) is 7.30. The number of nitrogens with zero attached hydrogens (tertiary/aromatic N) is 5. The molecule has 4 heterocycles. The Kier molecular flexibility index (Phi) is 4.74.